The summed E-state index contributed by atoms with van der Waals surface area (Å²) in [5.74, 6) is -0.186. The molecule has 2 rings (SSSR count). The minimum atomic E-state index is -0.192. The Morgan fingerprint density at radius 2 is 1.19 bits per heavy atom. The molecule has 3 N–H and O–H groups in total. The Morgan fingerprint density at radius 1 is 0.688 bits per heavy atom. The van der Waals surface area contributed by atoms with E-state index in [-0.39, 0.29) is 24.3 Å². The summed E-state index contributed by atoms with van der Waals surface area (Å²) in [5.41, 5.74) is 2.76. The van der Waals surface area contributed by atoms with Gasteiger partial charge in [-0.3, -0.25) is 14.4 Å². The standard InChI is InChI=1S/C25H34N4O3/c1-4-7-23(30)27-22-14-12-20(13-15-22)26-18-24(31)28-21-10-8-19(9-11-21)25(32)29(16-5-2)17-6-3/h8-15,26H,4-7,16-18H2,1-3H3,(H,27,30)(H,28,31). The molecule has 0 unspecified atom stereocenters. The van der Waals surface area contributed by atoms with Crippen molar-refractivity contribution in [2.75, 3.05) is 35.6 Å². The molecule has 0 aliphatic rings. The molecule has 32 heavy (non-hydrogen) atoms. The topological polar surface area (TPSA) is 90.5 Å². The molecule has 0 fully saturated rings. The van der Waals surface area contributed by atoms with Gasteiger partial charge in [0.05, 0.1) is 6.54 Å². The van der Waals surface area contributed by atoms with Gasteiger partial charge in [-0.15, -0.1) is 0 Å². The lowest BCUT2D eigenvalue weighted by atomic mass is 10.1. The minimum absolute atomic E-state index is 0.0104. The highest BCUT2D eigenvalue weighted by Gasteiger charge is 2.14. The maximum atomic E-state index is 12.6. The van der Waals surface area contributed by atoms with Crippen LogP contribution in [0, 0.1) is 0 Å². The van der Waals surface area contributed by atoms with Crippen LogP contribution in [0.1, 0.15) is 56.8 Å². The van der Waals surface area contributed by atoms with Gasteiger partial charge in [-0.25, -0.2) is 0 Å². The fraction of sp³-hybridized carbons (Fsp3) is 0.400. The van der Waals surface area contributed by atoms with Gasteiger partial charge < -0.3 is 20.9 Å². The Bertz CT molecular complexity index is 873. The van der Waals surface area contributed by atoms with Crippen LogP contribution in [0.3, 0.4) is 0 Å². The fourth-order valence-electron chi connectivity index (χ4n) is 3.24. The average Bonchev–Trinajstić information content (AvgIpc) is 2.79. The molecule has 0 saturated carbocycles. The number of nitrogens with one attached hydrogen (secondary N) is 3. The van der Waals surface area contributed by atoms with Gasteiger partial charge in [0.25, 0.3) is 5.91 Å². The SMILES string of the molecule is CCCC(=O)Nc1ccc(NCC(=O)Nc2ccc(C(=O)N(CCC)CCC)cc2)cc1. The van der Waals surface area contributed by atoms with Crippen LogP contribution < -0.4 is 16.0 Å². The lowest BCUT2D eigenvalue weighted by molar-refractivity contribution is -0.116. The first kappa shape index (κ1) is 24.9. The van der Waals surface area contributed by atoms with Crippen molar-refractivity contribution in [3.05, 3.63) is 54.1 Å². The Morgan fingerprint density at radius 3 is 1.72 bits per heavy atom. The Balaban J connectivity index is 1.84. The number of hydrogen-bond donors (Lipinski definition) is 3. The summed E-state index contributed by atoms with van der Waals surface area (Å²) >= 11 is 0. The molecule has 7 nitrogen and oxygen atoms in total. The van der Waals surface area contributed by atoms with Gasteiger partial charge in [-0.2, -0.15) is 0 Å². The summed E-state index contributed by atoms with van der Waals surface area (Å²) < 4.78 is 0. The summed E-state index contributed by atoms with van der Waals surface area (Å²) in [7, 11) is 0. The molecular formula is C25H34N4O3. The molecule has 0 heterocycles. The summed E-state index contributed by atoms with van der Waals surface area (Å²) in [6, 6.07) is 14.2. The highest BCUT2D eigenvalue weighted by atomic mass is 16.2. The van der Waals surface area contributed by atoms with Crippen molar-refractivity contribution in [3.63, 3.8) is 0 Å². The van der Waals surface area contributed by atoms with E-state index < -0.39 is 0 Å². The van der Waals surface area contributed by atoms with Crippen LogP contribution in [0.15, 0.2) is 48.5 Å². The third-order valence-corrected chi connectivity index (χ3v) is 4.79. The van der Waals surface area contributed by atoms with Gasteiger partial charge in [0.1, 0.15) is 0 Å². The predicted octanol–water partition coefficient (Wildman–Crippen LogP) is 4.74. The molecule has 3 amide bonds. The number of amides is 3. The summed E-state index contributed by atoms with van der Waals surface area (Å²) in [5, 5.41) is 8.71. The molecular weight excluding hydrogens is 404 g/mol. The molecule has 0 aliphatic carbocycles. The van der Waals surface area contributed by atoms with Crippen LogP contribution in [0.2, 0.25) is 0 Å². The molecule has 0 saturated heterocycles. The Labute approximate surface area is 190 Å². The average molecular weight is 439 g/mol. The van der Waals surface area contributed by atoms with E-state index in [9.17, 15) is 14.4 Å². The number of benzene rings is 2. The second-order valence-corrected chi connectivity index (χ2v) is 7.65. The lowest BCUT2D eigenvalue weighted by Gasteiger charge is -2.21. The van der Waals surface area contributed by atoms with E-state index in [2.05, 4.69) is 29.8 Å². The first-order chi connectivity index (χ1) is 15.5. The van der Waals surface area contributed by atoms with Crippen molar-refractivity contribution in [1.82, 2.24) is 4.90 Å². The number of rotatable bonds is 12. The van der Waals surface area contributed by atoms with Crippen molar-refractivity contribution in [3.8, 4) is 0 Å². The lowest BCUT2D eigenvalue weighted by Crippen LogP contribution is -2.32. The molecule has 2 aromatic rings. The van der Waals surface area contributed by atoms with Gasteiger partial charge >= 0.3 is 0 Å². The van der Waals surface area contributed by atoms with Crippen LogP contribution >= 0.6 is 0 Å². The van der Waals surface area contributed by atoms with E-state index >= 15 is 0 Å². The van der Waals surface area contributed by atoms with Gasteiger partial charge in [0, 0.05) is 42.1 Å². The molecule has 0 spiro atoms. The first-order valence-corrected chi connectivity index (χ1v) is 11.3. The zero-order valence-corrected chi connectivity index (χ0v) is 19.2. The maximum absolute atomic E-state index is 12.6. The summed E-state index contributed by atoms with van der Waals surface area (Å²) in [6.45, 7) is 7.65. The zero-order chi connectivity index (χ0) is 23.3. The molecule has 0 radical (unpaired) electrons. The smallest absolute Gasteiger partial charge is 0.253 e. The van der Waals surface area contributed by atoms with Crippen LogP contribution in [-0.2, 0) is 9.59 Å². The minimum Gasteiger partial charge on any atom is -0.376 e. The van der Waals surface area contributed by atoms with Crippen LogP contribution in [-0.4, -0.2) is 42.3 Å². The third-order valence-electron chi connectivity index (χ3n) is 4.79. The number of carbonyl (C=O) groups is 3. The second kappa shape index (κ2) is 13.1. The van der Waals surface area contributed by atoms with Gasteiger partial charge in [-0.1, -0.05) is 20.8 Å². The summed E-state index contributed by atoms with van der Waals surface area (Å²) in [6.07, 6.45) is 3.13. The zero-order valence-electron chi connectivity index (χ0n) is 19.2. The van der Waals surface area contributed by atoms with E-state index in [0.29, 0.717) is 17.7 Å². The number of anilines is 3. The monoisotopic (exact) mass is 438 g/mol. The van der Waals surface area contributed by atoms with Crippen molar-refractivity contribution in [2.45, 2.75) is 46.5 Å². The molecule has 2 aromatic carbocycles. The van der Waals surface area contributed by atoms with E-state index in [0.717, 1.165) is 43.7 Å². The van der Waals surface area contributed by atoms with Crippen molar-refractivity contribution >= 4 is 34.8 Å². The van der Waals surface area contributed by atoms with E-state index in [4.69, 9.17) is 0 Å². The van der Waals surface area contributed by atoms with E-state index in [1.165, 1.54) is 0 Å². The second-order valence-electron chi connectivity index (χ2n) is 7.65. The van der Waals surface area contributed by atoms with E-state index in [1.807, 2.05) is 24.0 Å². The van der Waals surface area contributed by atoms with Crippen LogP contribution in [0.25, 0.3) is 0 Å². The maximum Gasteiger partial charge on any atom is 0.253 e. The Hall–Kier alpha value is -3.35. The first-order valence-electron chi connectivity index (χ1n) is 11.3. The van der Waals surface area contributed by atoms with Crippen molar-refractivity contribution in [1.29, 1.82) is 0 Å². The highest BCUT2D eigenvalue weighted by Crippen LogP contribution is 2.15. The number of carbonyl (C=O) groups excluding carboxylic acids is 3. The molecule has 0 aliphatic heterocycles. The van der Waals surface area contributed by atoms with Crippen molar-refractivity contribution in [2.24, 2.45) is 0 Å². The van der Waals surface area contributed by atoms with Crippen LogP contribution in [0.5, 0.6) is 0 Å². The normalized spacial score (nSPS) is 10.3. The number of nitrogens with zero attached hydrogens (tertiary/aromatic N) is 1. The molecule has 0 bridgehead atoms. The van der Waals surface area contributed by atoms with Gasteiger partial charge in [-0.05, 0) is 67.8 Å². The fourth-order valence-corrected chi connectivity index (χ4v) is 3.24. The van der Waals surface area contributed by atoms with Gasteiger partial charge in [0.2, 0.25) is 11.8 Å². The number of hydrogen-bond acceptors (Lipinski definition) is 4. The third kappa shape index (κ3) is 8.06. The predicted molar refractivity (Wildman–Crippen MR) is 130 cm³/mol. The summed E-state index contributed by atoms with van der Waals surface area (Å²) in [4.78, 5) is 38.4. The quantitative estimate of drug-likeness (QED) is 0.446. The van der Waals surface area contributed by atoms with Crippen LogP contribution in [0.4, 0.5) is 17.1 Å². The van der Waals surface area contributed by atoms with Gasteiger partial charge in [0.15, 0.2) is 0 Å². The van der Waals surface area contributed by atoms with E-state index in [1.54, 1.807) is 36.4 Å². The molecule has 7 heteroatoms. The largest absolute Gasteiger partial charge is 0.376 e. The Kier molecular flexibility index (Phi) is 10.2. The molecule has 0 atom stereocenters. The van der Waals surface area contributed by atoms with Crippen molar-refractivity contribution < 1.29 is 14.4 Å². The highest BCUT2D eigenvalue weighted by molar-refractivity contribution is 5.97. The molecule has 172 valence electrons. The molecule has 0 aromatic heterocycles.